The molecule has 0 saturated heterocycles. The van der Waals surface area contributed by atoms with E-state index >= 15 is 0 Å². The van der Waals surface area contributed by atoms with Crippen molar-refractivity contribution in [2.24, 2.45) is 5.73 Å². The van der Waals surface area contributed by atoms with Gasteiger partial charge in [0.05, 0.1) is 0 Å². The lowest BCUT2D eigenvalue weighted by Crippen LogP contribution is -2.14. The number of ether oxygens (including phenoxy) is 1. The van der Waals surface area contributed by atoms with Gasteiger partial charge in [-0.2, -0.15) is 0 Å². The fourth-order valence-electron chi connectivity index (χ4n) is 1.80. The highest BCUT2D eigenvalue weighted by atomic mass is 32.1. The number of rotatable bonds is 4. The molecule has 2 rings (SSSR count). The summed E-state index contributed by atoms with van der Waals surface area (Å²) in [5.74, 6) is -0.777. The first kappa shape index (κ1) is 14.4. The lowest BCUT2D eigenvalue weighted by atomic mass is 10.1. The maximum atomic E-state index is 13.6. The third kappa shape index (κ3) is 3.30. The second kappa shape index (κ2) is 5.96. The van der Waals surface area contributed by atoms with E-state index in [1.807, 2.05) is 6.92 Å². The number of thiocarbonyl (C=S) groups is 1. The van der Waals surface area contributed by atoms with Gasteiger partial charge in [0.25, 0.3) is 0 Å². The summed E-state index contributed by atoms with van der Waals surface area (Å²) in [5.41, 5.74) is 7.44. The number of nitrogens with two attached hydrogens (primary N) is 1. The normalized spacial score (nSPS) is 10.3. The first-order valence-electron chi connectivity index (χ1n) is 5.94. The quantitative estimate of drug-likeness (QED) is 0.877. The average Bonchev–Trinajstić information content (AvgIpc) is 2.39. The molecule has 0 amide bonds. The second-order valence-electron chi connectivity index (χ2n) is 4.39. The molecular weight excluding hydrogens is 280 g/mol. The Morgan fingerprint density at radius 3 is 2.65 bits per heavy atom. The molecule has 0 aliphatic carbocycles. The molecule has 0 aliphatic rings. The second-order valence-corrected chi connectivity index (χ2v) is 4.83. The minimum absolute atomic E-state index is 0.00912. The number of hydrogen-bond donors (Lipinski definition) is 1. The van der Waals surface area contributed by atoms with Crippen molar-refractivity contribution in [3.63, 3.8) is 0 Å². The minimum atomic E-state index is -0.469. The van der Waals surface area contributed by atoms with Crippen molar-refractivity contribution in [1.29, 1.82) is 0 Å². The molecule has 2 N–H and O–H groups in total. The van der Waals surface area contributed by atoms with Gasteiger partial charge in [-0.05, 0) is 42.8 Å². The predicted molar refractivity (Wildman–Crippen MR) is 77.8 cm³/mol. The summed E-state index contributed by atoms with van der Waals surface area (Å²) in [4.78, 5) is 0.147. The average molecular weight is 293 g/mol. The topological polar surface area (TPSA) is 35.2 Å². The summed E-state index contributed by atoms with van der Waals surface area (Å²) in [6.45, 7) is 1.82. The van der Waals surface area contributed by atoms with Crippen LogP contribution in [0.15, 0.2) is 36.4 Å². The van der Waals surface area contributed by atoms with Crippen LogP contribution in [0.25, 0.3) is 0 Å². The molecule has 0 fully saturated rings. The Labute approximate surface area is 121 Å². The summed E-state index contributed by atoms with van der Waals surface area (Å²) in [5, 5.41) is 0. The summed E-state index contributed by atoms with van der Waals surface area (Å²) >= 11 is 4.90. The Morgan fingerprint density at radius 2 is 1.95 bits per heavy atom. The standard InChI is InChI=1S/C15H13F2NOS/c1-9-2-5-13(17)14(6-9)19-8-10-7-11(16)3-4-12(10)15(18)20/h2-7H,8H2,1H3,(H2,18,20). The van der Waals surface area contributed by atoms with Gasteiger partial charge in [0, 0.05) is 11.1 Å². The van der Waals surface area contributed by atoms with E-state index in [-0.39, 0.29) is 17.3 Å². The molecule has 0 bridgehead atoms. The van der Waals surface area contributed by atoms with Crippen molar-refractivity contribution >= 4 is 17.2 Å². The highest BCUT2D eigenvalue weighted by Gasteiger charge is 2.09. The Bertz CT molecular complexity index is 658. The first-order valence-corrected chi connectivity index (χ1v) is 6.35. The molecule has 0 radical (unpaired) electrons. The van der Waals surface area contributed by atoms with Gasteiger partial charge in [-0.15, -0.1) is 0 Å². The fraction of sp³-hybridized carbons (Fsp3) is 0.133. The third-order valence-electron chi connectivity index (χ3n) is 2.80. The molecule has 2 aromatic carbocycles. The monoisotopic (exact) mass is 293 g/mol. The lowest BCUT2D eigenvalue weighted by Gasteiger charge is -2.11. The van der Waals surface area contributed by atoms with E-state index < -0.39 is 11.6 Å². The van der Waals surface area contributed by atoms with Crippen LogP contribution in [0.2, 0.25) is 0 Å². The van der Waals surface area contributed by atoms with Gasteiger partial charge in [0.15, 0.2) is 11.6 Å². The largest absolute Gasteiger partial charge is 0.486 e. The molecule has 20 heavy (non-hydrogen) atoms. The molecule has 104 valence electrons. The molecule has 0 aromatic heterocycles. The van der Waals surface area contributed by atoms with E-state index in [1.165, 1.54) is 24.3 Å². The highest BCUT2D eigenvalue weighted by Crippen LogP contribution is 2.21. The molecular formula is C15H13F2NOS. The van der Waals surface area contributed by atoms with Gasteiger partial charge in [0.1, 0.15) is 17.4 Å². The molecule has 0 spiro atoms. The molecule has 0 atom stereocenters. The number of aryl methyl sites for hydroxylation is 1. The minimum Gasteiger partial charge on any atom is -0.486 e. The van der Waals surface area contributed by atoms with E-state index in [1.54, 1.807) is 12.1 Å². The van der Waals surface area contributed by atoms with Gasteiger partial charge in [-0.3, -0.25) is 0 Å². The lowest BCUT2D eigenvalue weighted by molar-refractivity contribution is 0.289. The van der Waals surface area contributed by atoms with Crippen LogP contribution in [0.4, 0.5) is 8.78 Å². The Balaban J connectivity index is 2.24. The van der Waals surface area contributed by atoms with Crippen LogP contribution in [0, 0.1) is 18.6 Å². The SMILES string of the molecule is Cc1ccc(F)c(OCc2cc(F)ccc2C(N)=S)c1. The van der Waals surface area contributed by atoms with Crippen LogP contribution >= 0.6 is 12.2 Å². The van der Waals surface area contributed by atoms with Crippen LogP contribution in [0.3, 0.4) is 0 Å². The van der Waals surface area contributed by atoms with Gasteiger partial charge < -0.3 is 10.5 Å². The van der Waals surface area contributed by atoms with Crippen molar-refractivity contribution in [1.82, 2.24) is 0 Å². The van der Waals surface area contributed by atoms with Crippen molar-refractivity contribution in [3.05, 3.63) is 64.7 Å². The number of benzene rings is 2. The van der Waals surface area contributed by atoms with E-state index in [9.17, 15) is 8.78 Å². The van der Waals surface area contributed by atoms with Gasteiger partial charge in [0.2, 0.25) is 0 Å². The Kier molecular flexibility index (Phi) is 4.29. The molecule has 2 nitrogen and oxygen atoms in total. The predicted octanol–water partition coefficient (Wildman–Crippen LogP) is 3.49. The van der Waals surface area contributed by atoms with E-state index in [0.717, 1.165) is 5.56 Å². The van der Waals surface area contributed by atoms with Crippen LogP contribution in [0.1, 0.15) is 16.7 Å². The van der Waals surface area contributed by atoms with Crippen molar-refractivity contribution in [2.75, 3.05) is 0 Å². The molecule has 0 aliphatic heterocycles. The number of halogens is 2. The highest BCUT2D eigenvalue weighted by molar-refractivity contribution is 7.80. The van der Waals surface area contributed by atoms with Gasteiger partial charge in [-0.25, -0.2) is 8.78 Å². The van der Waals surface area contributed by atoms with Crippen molar-refractivity contribution in [3.8, 4) is 5.75 Å². The molecule has 2 aromatic rings. The van der Waals surface area contributed by atoms with Crippen LogP contribution < -0.4 is 10.5 Å². The maximum absolute atomic E-state index is 13.6. The van der Waals surface area contributed by atoms with Crippen LogP contribution in [0.5, 0.6) is 5.75 Å². The smallest absolute Gasteiger partial charge is 0.165 e. The zero-order valence-corrected chi connectivity index (χ0v) is 11.6. The van der Waals surface area contributed by atoms with Crippen LogP contribution in [-0.2, 0) is 6.61 Å². The van der Waals surface area contributed by atoms with E-state index in [2.05, 4.69) is 0 Å². The van der Waals surface area contributed by atoms with Crippen molar-refractivity contribution < 1.29 is 13.5 Å². The van der Waals surface area contributed by atoms with Crippen LogP contribution in [-0.4, -0.2) is 4.99 Å². The molecule has 0 unspecified atom stereocenters. The summed E-state index contributed by atoms with van der Waals surface area (Å²) < 4.78 is 32.2. The zero-order chi connectivity index (χ0) is 14.7. The summed E-state index contributed by atoms with van der Waals surface area (Å²) in [7, 11) is 0. The molecule has 5 heteroatoms. The third-order valence-corrected chi connectivity index (χ3v) is 3.02. The maximum Gasteiger partial charge on any atom is 0.165 e. The Morgan fingerprint density at radius 1 is 1.20 bits per heavy atom. The van der Waals surface area contributed by atoms with E-state index in [0.29, 0.717) is 11.1 Å². The summed E-state index contributed by atoms with van der Waals surface area (Å²) in [6.07, 6.45) is 0. The van der Waals surface area contributed by atoms with Crippen molar-refractivity contribution in [2.45, 2.75) is 13.5 Å². The molecule has 0 saturated carbocycles. The Hall–Kier alpha value is -2.01. The number of hydrogen-bond acceptors (Lipinski definition) is 2. The van der Waals surface area contributed by atoms with Gasteiger partial charge >= 0.3 is 0 Å². The fourth-order valence-corrected chi connectivity index (χ4v) is 2.00. The van der Waals surface area contributed by atoms with Gasteiger partial charge in [-0.1, -0.05) is 18.3 Å². The molecule has 0 heterocycles. The van der Waals surface area contributed by atoms with E-state index in [4.69, 9.17) is 22.7 Å². The first-order chi connectivity index (χ1) is 9.47. The zero-order valence-electron chi connectivity index (χ0n) is 10.8. The summed E-state index contributed by atoms with van der Waals surface area (Å²) in [6, 6.07) is 8.58.